The number of allylic oxidation sites excluding steroid dienone is 1. The van der Waals surface area contributed by atoms with E-state index >= 15 is 0 Å². The van der Waals surface area contributed by atoms with Crippen molar-refractivity contribution < 1.29 is 14.6 Å². The lowest BCUT2D eigenvalue weighted by Gasteiger charge is -2.41. The zero-order chi connectivity index (χ0) is 19.2. The third-order valence-electron chi connectivity index (χ3n) is 3.94. The Morgan fingerprint density at radius 3 is 2.36 bits per heavy atom. The maximum absolute atomic E-state index is 10.9. The predicted octanol–water partition coefficient (Wildman–Crippen LogP) is 5.12. The molecule has 140 valence electrons. The molecule has 1 rings (SSSR count). The van der Waals surface area contributed by atoms with Gasteiger partial charge < -0.3 is 14.7 Å². The van der Waals surface area contributed by atoms with Crippen LogP contribution in [-0.4, -0.2) is 28.3 Å². The van der Waals surface area contributed by atoms with Crippen molar-refractivity contribution in [3.8, 4) is 0 Å². The molecule has 0 amide bonds. The summed E-state index contributed by atoms with van der Waals surface area (Å²) >= 11 is 12.1. The Morgan fingerprint density at radius 1 is 1.32 bits per heavy atom. The second-order valence-electron chi connectivity index (χ2n) is 6.77. The van der Waals surface area contributed by atoms with Crippen molar-refractivity contribution in [1.82, 2.24) is 0 Å². The van der Waals surface area contributed by atoms with Gasteiger partial charge in [0.15, 0.2) is 0 Å². The van der Waals surface area contributed by atoms with Gasteiger partial charge >= 0.3 is 5.97 Å². The van der Waals surface area contributed by atoms with Gasteiger partial charge in [-0.1, -0.05) is 18.2 Å². The van der Waals surface area contributed by atoms with Crippen LogP contribution in [0.3, 0.4) is 0 Å². The van der Waals surface area contributed by atoms with Crippen molar-refractivity contribution in [3.63, 3.8) is 0 Å². The highest BCUT2D eigenvalue weighted by Crippen LogP contribution is 2.32. The summed E-state index contributed by atoms with van der Waals surface area (Å²) in [6.45, 7) is 11.6. The molecule has 2 atom stereocenters. The molecule has 0 saturated heterocycles. The number of carbonyl (C=O) groups is 1. The van der Waals surface area contributed by atoms with Gasteiger partial charge in [-0.2, -0.15) is 0 Å². The van der Waals surface area contributed by atoms with E-state index in [9.17, 15) is 9.90 Å². The average Bonchev–Trinajstić information content (AvgIpc) is 2.47. The number of ether oxygens (including phenoxy) is 1. The van der Waals surface area contributed by atoms with Crippen LogP contribution < -0.4 is 4.90 Å². The largest absolute Gasteiger partial charge is 0.435 e. The van der Waals surface area contributed by atoms with Crippen LogP contribution in [0.2, 0.25) is 5.02 Å². The highest BCUT2D eigenvalue weighted by molar-refractivity contribution is 6.30. The van der Waals surface area contributed by atoms with Crippen LogP contribution in [0.4, 0.5) is 5.69 Å². The van der Waals surface area contributed by atoms with Crippen molar-refractivity contribution >= 4 is 34.9 Å². The molecule has 0 aliphatic heterocycles. The molecular formula is C19H27Cl2NO3. The van der Waals surface area contributed by atoms with Crippen molar-refractivity contribution in [3.05, 3.63) is 41.6 Å². The number of alkyl halides is 1. The highest BCUT2D eigenvalue weighted by atomic mass is 35.5. The van der Waals surface area contributed by atoms with Gasteiger partial charge in [0.1, 0.15) is 0 Å². The molecule has 6 heteroatoms. The third-order valence-corrected chi connectivity index (χ3v) is 4.62. The normalized spacial score (nSPS) is 13.9. The fourth-order valence-electron chi connectivity index (χ4n) is 2.90. The van der Waals surface area contributed by atoms with Gasteiger partial charge in [-0.15, -0.1) is 11.6 Å². The molecule has 1 N–H and O–H groups in total. The fraction of sp³-hybridized carbons (Fsp3) is 0.526. The summed E-state index contributed by atoms with van der Waals surface area (Å²) in [7, 11) is 0. The zero-order valence-electron chi connectivity index (χ0n) is 15.3. The Hall–Kier alpha value is -1.23. The molecule has 0 heterocycles. The number of aliphatic hydroxyl groups is 1. The lowest BCUT2D eigenvalue weighted by Crippen LogP contribution is -2.42. The second-order valence-corrected chi connectivity index (χ2v) is 7.76. The SMILES string of the molecule is C=C(C)N(c1ccc(Cl)cc1)C(C)(C)CCC[C@H](Cl)C(O)OC(C)=O. The van der Waals surface area contributed by atoms with E-state index in [2.05, 4.69) is 25.3 Å². The second kappa shape index (κ2) is 9.46. The predicted molar refractivity (Wildman–Crippen MR) is 104 cm³/mol. The summed E-state index contributed by atoms with van der Waals surface area (Å²) in [5.41, 5.74) is 1.74. The number of benzene rings is 1. The first-order chi connectivity index (χ1) is 11.5. The van der Waals surface area contributed by atoms with E-state index in [0.717, 1.165) is 24.2 Å². The van der Waals surface area contributed by atoms with Crippen LogP contribution in [-0.2, 0) is 9.53 Å². The summed E-state index contributed by atoms with van der Waals surface area (Å²) < 4.78 is 4.71. The summed E-state index contributed by atoms with van der Waals surface area (Å²) in [6, 6.07) is 7.64. The number of aliphatic hydroxyl groups excluding tert-OH is 1. The van der Waals surface area contributed by atoms with E-state index in [4.69, 9.17) is 27.9 Å². The number of hydrogen-bond acceptors (Lipinski definition) is 4. The quantitative estimate of drug-likeness (QED) is 0.363. The number of nitrogens with zero attached hydrogens (tertiary/aromatic N) is 1. The van der Waals surface area contributed by atoms with E-state index in [0.29, 0.717) is 11.4 Å². The van der Waals surface area contributed by atoms with Gasteiger partial charge in [-0.3, -0.25) is 4.79 Å². The Labute approximate surface area is 160 Å². The fourth-order valence-corrected chi connectivity index (χ4v) is 3.24. The summed E-state index contributed by atoms with van der Waals surface area (Å²) in [5.74, 6) is -0.547. The van der Waals surface area contributed by atoms with Crippen molar-refractivity contribution in [1.29, 1.82) is 0 Å². The molecule has 0 aliphatic rings. The summed E-state index contributed by atoms with van der Waals surface area (Å²) in [4.78, 5) is 13.0. The first-order valence-electron chi connectivity index (χ1n) is 8.25. The average molecular weight is 388 g/mol. The molecule has 1 unspecified atom stereocenters. The van der Waals surface area contributed by atoms with Crippen LogP contribution in [0.5, 0.6) is 0 Å². The molecule has 0 bridgehead atoms. The Balaban J connectivity index is 2.72. The minimum Gasteiger partial charge on any atom is -0.435 e. The van der Waals surface area contributed by atoms with E-state index in [1.54, 1.807) is 0 Å². The smallest absolute Gasteiger partial charge is 0.304 e. The standard InChI is InChI=1S/C19H27Cl2NO3/c1-13(2)22(16-10-8-15(20)9-11-16)19(4,5)12-6-7-17(21)18(24)25-14(3)23/h8-11,17-18,24H,1,6-7,12H2,2-5H3/t17-,18?/m0/s1. The minimum absolute atomic E-state index is 0.206. The van der Waals surface area contributed by atoms with Crippen molar-refractivity contribution in [2.45, 2.75) is 64.2 Å². The Kier molecular flexibility index (Phi) is 8.26. The van der Waals surface area contributed by atoms with Gasteiger partial charge in [-0.05, 0) is 64.3 Å². The monoisotopic (exact) mass is 387 g/mol. The van der Waals surface area contributed by atoms with Crippen LogP contribution in [0, 0.1) is 0 Å². The van der Waals surface area contributed by atoms with Crippen LogP contribution in [0.1, 0.15) is 47.0 Å². The van der Waals surface area contributed by atoms with Crippen LogP contribution >= 0.6 is 23.2 Å². The number of esters is 1. The molecule has 0 spiro atoms. The molecule has 1 aromatic carbocycles. The molecule has 0 fully saturated rings. The van der Waals surface area contributed by atoms with Crippen LogP contribution in [0.15, 0.2) is 36.5 Å². The zero-order valence-corrected chi connectivity index (χ0v) is 16.8. The van der Waals surface area contributed by atoms with E-state index in [1.807, 2.05) is 31.2 Å². The maximum atomic E-state index is 10.9. The summed E-state index contributed by atoms with van der Waals surface area (Å²) in [5, 5.41) is 9.76. The Bertz CT molecular complexity index is 587. The molecule has 0 radical (unpaired) electrons. The van der Waals surface area contributed by atoms with E-state index in [1.165, 1.54) is 6.92 Å². The molecular weight excluding hydrogens is 361 g/mol. The number of carbonyl (C=O) groups excluding carboxylic acids is 1. The minimum atomic E-state index is -1.28. The van der Waals surface area contributed by atoms with E-state index in [-0.39, 0.29) is 5.54 Å². The van der Waals surface area contributed by atoms with Crippen molar-refractivity contribution in [2.75, 3.05) is 4.90 Å². The van der Waals surface area contributed by atoms with E-state index < -0.39 is 17.6 Å². The lowest BCUT2D eigenvalue weighted by atomic mass is 9.93. The Morgan fingerprint density at radius 2 is 1.88 bits per heavy atom. The van der Waals surface area contributed by atoms with Gasteiger partial charge in [0, 0.05) is 28.9 Å². The number of rotatable bonds is 9. The molecule has 0 aromatic heterocycles. The first kappa shape index (κ1) is 21.8. The number of anilines is 1. The number of halogens is 2. The third kappa shape index (κ3) is 6.89. The molecule has 4 nitrogen and oxygen atoms in total. The van der Waals surface area contributed by atoms with Gasteiger partial charge in [-0.25, -0.2) is 0 Å². The van der Waals surface area contributed by atoms with Gasteiger partial charge in [0.25, 0.3) is 0 Å². The van der Waals surface area contributed by atoms with Crippen LogP contribution in [0.25, 0.3) is 0 Å². The molecule has 1 aromatic rings. The maximum Gasteiger partial charge on any atom is 0.304 e. The molecule has 25 heavy (non-hydrogen) atoms. The highest BCUT2D eigenvalue weighted by Gasteiger charge is 2.28. The molecule has 0 aliphatic carbocycles. The van der Waals surface area contributed by atoms with Gasteiger partial charge in [0.2, 0.25) is 6.29 Å². The van der Waals surface area contributed by atoms with Crippen molar-refractivity contribution in [2.24, 2.45) is 0 Å². The summed E-state index contributed by atoms with van der Waals surface area (Å²) in [6.07, 6.45) is 0.829. The molecule has 0 saturated carbocycles. The van der Waals surface area contributed by atoms with Gasteiger partial charge in [0.05, 0.1) is 5.38 Å². The lowest BCUT2D eigenvalue weighted by molar-refractivity contribution is -0.165. The first-order valence-corrected chi connectivity index (χ1v) is 9.06. The number of hydrogen-bond donors (Lipinski definition) is 1. The topological polar surface area (TPSA) is 49.8 Å².